The fourth-order valence-corrected chi connectivity index (χ4v) is 2.86. The number of Topliss-reactive ketones (excluding diaryl/α,β-unsaturated/α-hetero) is 1. The van der Waals surface area contributed by atoms with Crippen molar-refractivity contribution in [2.45, 2.75) is 51.3 Å². The molecule has 0 radical (unpaired) electrons. The van der Waals surface area contributed by atoms with Gasteiger partial charge in [-0.1, -0.05) is 37.3 Å². The average Bonchev–Trinajstić information content (AvgIpc) is 2.69. The summed E-state index contributed by atoms with van der Waals surface area (Å²) >= 11 is 0. The van der Waals surface area contributed by atoms with Crippen molar-refractivity contribution < 1.29 is 19.5 Å². The van der Waals surface area contributed by atoms with Gasteiger partial charge in [0.1, 0.15) is 6.04 Å². The smallest absolute Gasteiger partial charge is 0.245 e. The largest absolute Gasteiger partial charge is 0.391 e. The van der Waals surface area contributed by atoms with E-state index < -0.39 is 30.0 Å². The maximum Gasteiger partial charge on any atom is 0.245 e. The highest BCUT2D eigenvalue weighted by Crippen LogP contribution is 2.11. The van der Waals surface area contributed by atoms with Crippen molar-refractivity contribution >= 4 is 17.6 Å². The number of carbonyl (C=O) groups is 3. The zero-order valence-corrected chi connectivity index (χ0v) is 16.6. The van der Waals surface area contributed by atoms with Gasteiger partial charge < -0.3 is 27.2 Å². The minimum Gasteiger partial charge on any atom is -0.391 e. The van der Waals surface area contributed by atoms with Crippen LogP contribution in [0.25, 0.3) is 0 Å². The summed E-state index contributed by atoms with van der Waals surface area (Å²) in [5, 5.41) is 15.0. The minimum atomic E-state index is -1.18. The zero-order valence-electron chi connectivity index (χ0n) is 16.6. The van der Waals surface area contributed by atoms with Crippen LogP contribution >= 0.6 is 0 Å². The Balaban J connectivity index is 2.69. The van der Waals surface area contributed by atoms with Gasteiger partial charge in [0.2, 0.25) is 11.8 Å². The first kappa shape index (κ1) is 23.7. The van der Waals surface area contributed by atoms with E-state index in [1.165, 1.54) is 6.92 Å². The van der Waals surface area contributed by atoms with Crippen LogP contribution in [0.5, 0.6) is 0 Å². The van der Waals surface area contributed by atoms with Gasteiger partial charge in [-0.2, -0.15) is 0 Å². The number of aliphatic hydroxyl groups is 1. The van der Waals surface area contributed by atoms with Crippen molar-refractivity contribution in [3.63, 3.8) is 0 Å². The van der Waals surface area contributed by atoms with Gasteiger partial charge in [0.25, 0.3) is 0 Å². The van der Waals surface area contributed by atoms with Gasteiger partial charge in [0.15, 0.2) is 5.78 Å². The molecule has 0 aliphatic heterocycles. The molecule has 0 fully saturated rings. The lowest BCUT2D eigenvalue weighted by Gasteiger charge is -2.24. The standard InChI is InChI=1S/C20H32N4O4/c1-3-17(26)16(12-22)23-20(28)19(13(2)25)24-18(27)10-15(11-21)9-14-7-5-4-6-8-14/h4-8,13,15-16,19,25H,3,9-12,21-22H2,1-2H3,(H,23,28)(H,24,27)/t13?,15?,16-,19-/m0/s1. The van der Waals surface area contributed by atoms with E-state index >= 15 is 0 Å². The second-order valence-electron chi connectivity index (χ2n) is 6.90. The van der Waals surface area contributed by atoms with E-state index in [0.29, 0.717) is 13.0 Å². The number of hydrogen-bond acceptors (Lipinski definition) is 6. The highest BCUT2D eigenvalue weighted by Gasteiger charge is 2.29. The maximum absolute atomic E-state index is 12.4. The summed E-state index contributed by atoms with van der Waals surface area (Å²) in [6.45, 7) is 3.33. The third-order valence-corrected chi connectivity index (χ3v) is 4.55. The molecule has 0 spiro atoms. The lowest BCUT2D eigenvalue weighted by atomic mass is 9.95. The molecule has 28 heavy (non-hydrogen) atoms. The summed E-state index contributed by atoms with van der Waals surface area (Å²) in [6, 6.07) is 7.66. The van der Waals surface area contributed by atoms with E-state index in [0.717, 1.165) is 5.56 Å². The molecule has 0 aromatic heterocycles. The Bertz CT molecular complexity index is 636. The highest BCUT2D eigenvalue weighted by atomic mass is 16.3. The van der Waals surface area contributed by atoms with E-state index in [2.05, 4.69) is 10.6 Å². The van der Waals surface area contributed by atoms with Crippen LogP contribution in [-0.4, -0.2) is 54.0 Å². The summed E-state index contributed by atoms with van der Waals surface area (Å²) in [4.78, 5) is 36.6. The monoisotopic (exact) mass is 392 g/mol. The lowest BCUT2D eigenvalue weighted by molar-refractivity contribution is -0.134. The molecular weight excluding hydrogens is 360 g/mol. The second kappa shape index (κ2) is 12.2. The molecule has 0 aliphatic rings. The molecule has 0 aliphatic carbocycles. The fraction of sp³-hybridized carbons (Fsp3) is 0.550. The van der Waals surface area contributed by atoms with E-state index in [9.17, 15) is 19.5 Å². The molecule has 0 saturated heterocycles. The zero-order chi connectivity index (χ0) is 21.1. The molecule has 8 nitrogen and oxygen atoms in total. The Labute approximate surface area is 166 Å². The molecule has 1 aromatic rings. The Morgan fingerprint density at radius 2 is 1.71 bits per heavy atom. The van der Waals surface area contributed by atoms with Crippen LogP contribution in [-0.2, 0) is 20.8 Å². The normalized spacial score (nSPS) is 15.2. The molecule has 2 amide bonds. The SMILES string of the molecule is CCC(=O)[C@H](CN)NC(=O)[C@@H](NC(=O)CC(CN)Cc1ccccc1)C(C)O. The van der Waals surface area contributed by atoms with Crippen molar-refractivity contribution in [3.8, 4) is 0 Å². The van der Waals surface area contributed by atoms with E-state index in [1.807, 2.05) is 30.3 Å². The highest BCUT2D eigenvalue weighted by molar-refractivity contribution is 5.93. The average molecular weight is 393 g/mol. The van der Waals surface area contributed by atoms with Crippen LogP contribution < -0.4 is 22.1 Å². The molecule has 156 valence electrons. The summed E-state index contributed by atoms with van der Waals surface area (Å²) in [6.07, 6.45) is -0.150. The Kier molecular flexibility index (Phi) is 10.4. The number of ketones is 1. The van der Waals surface area contributed by atoms with Gasteiger partial charge in [0.05, 0.1) is 12.1 Å². The predicted molar refractivity (Wildman–Crippen MR) is 107 cm³/mol. The quantitative estimate of drug-likeness (QED) is 0.323. The van der Waals surface area contributed by atoms with Gasteiger partial charge in [0, 0.05) is 19.4 Å². The van der Waals surface area contributed by atoms with Crippen LogP contribution in [0, 0.1) is 5.92 Å². The van der Waals surface area contributed by atoms with Crippen LogP contribution in [0.4, 0.5) is 0 Å². The maximum atomic E-state index is 12.4. The fourth-order valence-electron chi connectivity index (χ4n) is 2.86. The molecule has 8 heteroatoms. The van der Waals surface area contributed by atoms with Gasteiger partial charge in [-0.15, -0.1) is 0 Å². The third-order valence-electron chi connectivity index (χ3n) is 4.55. The van der Waals surface area contributed by atoms with Gasteiger partial charge in [-0.25, -0.2) is 0 Å². The number of carbonyl (C=O) groups excluding carboxylic acids is 3. The van der Waals surface area contributed by atoms with Crippen molar-refractivity contribution in [1.82, 2.24) is 10.6 Å². The molecule has 0 bridgehead atoms. The molecule has 7 N–H and O–H groups in total. The lowest BCUT2D eigenvalue weighted by Crippen LogP contribution is -2.57. The number of rotatable bonds is 12. The van der Waals surface area contributed by atoms with Crippen LogP contribution in [0.1, 0.15) is 32.3 Å². The Morgan fingerprint density at radius 1 is 1.07 bits per heavy atom. The molecule has 0 saturated carbocycles. The Morgan fingerprint density at radius 3 is 2.21 bits per heavy atom. The van der Waals surface area contributed by atoms with E-state index in [1.54, 1.807) is 6.92 Å². The summed E-state index contributed by atoms with van der Waals surface area (Å²) in [7, 11) is 0. The van der Waals surface area contributed by atoms with Crippen molar-refractivity contribution in [1.29, 1.82) is 0 Å². The predicted octanol–water partition coefficient (Wildman–Crippen LogP) is -0.518. The summed E-state index contributed by atoms with van der Waals surface area (Å²) < 4.78 is 0. The third kappa shape index (κ3) is 7.75. The topological polar surface area (TPSA) is 148 Å². The molecule has 1 rings (SSSR count). The van der Waals surface area contributed by atoms with E-state index in [4.69, 9.17) is 11.5 Å². The van der Waals surface area contributed by atoms with Gasteiger partial charge in [-0.3, -0.25) is 14.4 Å². The molecular formula is C20H32N4O4. The number of nitrogens with one attached hydrogen (secondary N) is 2. The number of aliphatic hydroxyl groups excluding tert-OH is 1. The first-order valence-electron chi connectivity index (χ1n) is 9.56. The first-order chi connectivity index (χ1) is 13.3. The van der Waals surface area contributed by atoms with E-state index in [-0.39, 0.29) is 31.1 Å². The molecule has 4 atom stereocenters. The van der Waals surface area contributed by atoms with Crippen LogP contribution in [0.15, 0.2) is 30.3 Å². The van der Waals surface area contributed by atoms with Gasteiger partial charge in [-0.05, 0) is 31.4 Å². The number of amides is 2. The molecule has 2 unspecified atom stereocenters. The molecule has 0 heterocycles. The number of nitrogens with two attached hydrogens (primary N) is 2. The van der Waals surface area contributed by atoms with Crippen molar-refractivity contribution in [2.24, 2.45) is 17.4 Å². The van der Waals surface area contributed by atoms with Crippen molar-refractivity contribution in [2.75, 3.05) is 13.1 Å². The Hall–Kier alpha value is -2.29. The second-order valence-corrected chi connectivity index (χ2v) is 6.90. The first-order valence-corrected chi connectivity index (χ1v) is 9.56. The number of benzene rings is 1. The van der Waals surface area contributed by atoms with Crippen LogP contribution in [0.2, 0.25) is 0 Å². The summed E-state index contributed by atoms with van der Waals surface area (Å²) in [5.74, 6) is -1.34. The van der Waals surface area contributed by atoms with Crippen LogP contribution in [0.3, 0.4) is 0 Å². The summed E-state index contributed by atoms with van der Waals surface area (Å²) in [5.41, 5.74) is 12.4. The minimum absolute atomic E-state index is 0.0504. The van der Waals surface area contributed by atoms with Crippen molar-refractivity contribution in [3.05, 3.63) is 35.9 Å². The van der Waals surface area contributed by atoms with Gasteiger partial charge >= 0.3 is 0 Å². The molecule has 1 aromatic carbocycles. The number of hydrogen-bond donors (Lipinski definition) is 5.